The molecule has 0 saturated carbocycles. The summed E-state index contributed by atoms with van der Waals surface area (Å²) in [4.78, 5) is 2.32. The Bertz CT molecular complexity index is 494. The molecule has 2 rings (SSSR count). The minimum absolute atomic E-state index is 0.347. The monoisotopic (exact) mass is 294 g/mol. The van der Waals surface area contributed by atoms with Gasteiger partial charge in [0, 0.05) is 14.3 Å². The van der Waals surface area contributed by atoms with E-state index in [4.69, 9.17) is 0 Å². The van der Waals surface area contributed by atoms with Crippen LogP contribution in [-0.4, -0.2) is 5.11 Å². The van der Waals surface area contributed by atoms with E-state index in [0.717, 1.165) is 14.9 Å². The van der Waals surface area contributed by atoms with Gasteiger partial charge in [0.05, 0.1) is 0 Å². The van der Waals surface area contributed by atoms with Gasteiger partial charge in [-0.2, -0.15) is 0 Å². The average molecular weight is 295 g/mol. The molecule has 0 aromatic heterocycles. The number of benzene rings is 2. The van der Waals surface area contributed by atoms with Gasteiger partial charge in [-0.1, -0.05) is 27.7 Å². The van der Waals surface area contributed by atoms with Crippen molar-refractivity contribution in [2.24, 2.45) is 0 Å². The van der Waals surface area contributed by atoms with Crippen molar-refractivity contribution in [3.8, 4) is 5.75 Å². The zero-order valence-electron chi connectivity index (χ0n) is 8.77. The van der Waals surface area contributed by atoms with Crippen LogP contribution in [0.25, 0.3) is 0 Å². The van der Waals surface area contributed by atoms with Crippen LogP contribution in [0.1, 0.15) is 5.56 Å². The SMILES string of the molecule is Cc1cc(Sc2ccc(Br)cc2)ccc1O. The maximum absolute atomic E-state index is 9.43. The molecule has 0 aliphatic heterocycles. The lowest BCUT2D eigenvalue weighted by Crippen LogP contribution is -1.77. The quantitative estimate of drug-likeness (QED) is 0.872. The van der Waals surface area contributed by atoms with E-state index in [1.54, 1.807) is 17.8 Å². The molecule has 0 unspecified atom stereocenters. The first kappa shape index (κ1) is 11.6. The zero-order valence-corrected chi connectivity index (χ0v) is 11.2. The lowest BCUT2D eigenvalue weighted by atomic mass is 10.2. The summed E-state index contributed by atoms with van der Waals surface area (Å²) >= 11 is 5.10. The van der Waals surface area contributed by atoms with E-state index in [9.17, 15) is 5.11 Å². The number of phenols is 1. The summed E-state index contributed by atoms with van der Waals surface area (Å²) in [5.41, 5.74) is 0.905. The van der Waals surface area contributed by atoms with Crippen molar-refractivity contribution in [2.75, 3.05) is 0 Å². The van der Waals surface area contributed by atoms with Gasteiger partial charge in [-0.3, -0.25) is 0 Å². The van der Waals surface area contributed by atoms with Gasteiger partial charge in [0.1, 0.15) is 5.75 Å². The van der Waals surface area contributed by atoms with Crippen LogP contribution in [0.5, 0.6) is 5.75 Å². The van der Waals surface area contributed by atoms with E-state index in [2.05, 4.69) is 28.1 Å². The first-order chi connectivity index (χ1) is 7.65. The van der Waals surface area contributed by atoms with Gasteiger partial charge < -0.3 is 5.11 Å². The van der Waals surface area contributed by atoms with Crippen molar-refractivity contribution in [1.29, 1.82) is 0 Å². The van der Waals surface area contributed by atoms with Crippen molar-refractivity contribution in [3.63, 3.8) is 0 Å². The molecule has 0 atom stereocenters. The molecule has 0 aliphatic rings. The smallest absolute Gasteiger partial charge is 0.118 e. The highest BCUT2D eigenvalue weighted by Crippen LogP contribution is 2.31. The molecule has 2 aromatic carbocycles. The molecule has 0 aliphatic carbocycles. The maximum Gasteiger partial charge on any atom is 0.118 e. The van der Waals surface area contributed by atoms with Gasteiger partial charge in [0.15, 0.2) is 0 Å². The van der Waals surface area contributed by atoms with Gasteiger partial charge in [-0.25, -0.2) is 0 Å². The highest BCUT2D eigenvalue weighted by atomic mass is 79.9. The highest BCUT2D eigenvalue weighted by Gasteiger charge is 2.00. The number of hydrogen-bond donors (Lipinski definition) is 1. The maximum atomic E-state index is 9.43. The Hall–Kier alpha value is -0.930. The minimum atomic E-state index is 0.347. The third-order valence-corrected chi connectivity index (χ3v) is 3.74. The van der Waals surface area contributed by atoms with Crippen LogP contribution < -0.4 is 0 Å². The summed E-state index contributed by atoms with van der Waals surface area (Å²) in [5, 5.41) is 9.43. The summed E-state index contributed by atoms with van der Waals surface area (Å²) in [6.45, 7) is 1.90. The predicted molar refractivity (Wildman–Crippen MR) is 71.1 cm³/mol. The van der Waals surface area contributed by atoms with E-state index in [1.807, 2.05) is 31.2 Å². The molecule has 1 N–H and O–H groups in total. The Balaban J connectivity index is 2.20. The molecule has 0 fully saturated rings. The van der Waals surface area contributed by atoms with Crippen molar-refractivity contribution in [1.82, 2.24) is 0 Å². The number of aryl methyl sites for hydroxylation is 1. The number of phenolic OH excluding ortho intramolecular Hbond substituents is 1. The lowest BCUT2D eigenvalue weighted by molar-refractivity contribution is 0.470. The van der Waals surface area contributed by atoms with Crippen LogP contribution in [0.3, 0.4) is 0 Å². The summed E-state index contributed by atoms with van der Waals surface area (Å²) in [6, 6.07) is 13.8. The van der Waals surface area contributed by atoms with Gasteiger partial charge in [0.25, 0.3) is 0 Å². The van der Waals surface area contributed by atoms with Crippen molar-refractivity contribution >= 4 is 27.7 Å². The minimum Gasteiger partial charge on any atom is -0.508 e. The Morgan fingerprint density at radius 3 is 2.25 bits per heavy atom. The molecule has 0 saturated heterocycles. The van der Waals surface area contributed by atoms with E-state index in [0.29, 0.717) is 5.75 Å². The van der Waals surface area contributed by atoms with Crippen LogP contribution in [0.15, 0.2) is 56.7 Å². The fourth-order valence-electron chi connectivity index (χ4n) is 1.33. The van der Waals surface area contributed by atoms with Crippen molar-refractivity contribution in [2.45, 2.75) is 16.7 Å². The van der Waals surface area contributed by atoms with Gasteiger partial charge in [-0.05, 0) is 55.0 Å². The molecule has 0 heterocycles. The molecular weight excluding hydrogens is 284 g/mol. The van der Waals surface area contributed by atoms with Crippen LogP contribution in [-0.2, 0) is 0 Å². The number of halogens is 1. The van der Waals surface area contributed by atoms with Crippen LogP contribution in [0, 0.1) is 6.92 Å². The Morgan fingerprint density at radius 1 is 1.00 bits per heavy atom. The normalized spacial score (nSPS) is 10.4. The first-order valence-corrected chi connectivity index (χ1v) is 6.49. The third kappa shape index (κ3) is 2.80. The summed E-state index contributed by atoms with van der Waals surface area (Å²) in [6.07, 6.45) is 0. The molecule has 0 bridgehead atoms. The Kier molecular flexibility index (Phi) is 3.56. The van der Waals surface area contributed by atoms with Gasteiger partial charge in [0.2, 0.25) is 0 Å². The van der Waals surface area contributed by atoms with E-state index in [-0.39, 0.29) is 0 Å². The summed E-state index contributed by atoms with van der Waals surface area (Å²) in [7, 11) is 0. The van der Waals surface area contributed by atoms with E-state index < -0.39 is 0 Å². The standard InChI is InChI=1S/C13H11BrOS/c1-9-8-12(6-7-13(9)15)16-11-4-2-10(14)3-5-11/h2-8,15H,1H3. The largest absolute Gasteiger partial charge is 0.508 e. The fraction of sp³-hybridized carbons (Fsp3) is 0.0769. The molecule has 16 heavy (non-hydrogen) atoms. The average Bonchev–Trinajstić information content (AvgIpc) is 2.27. The van der Waals surface area contributed by atoms with Crippen LogP contribution in [0.2, 0.25) is 0 Å². The Labute approximate surface area is 108 Å². The molecule has 82 valence electrons. The summed E-state index contributed by atoms with van der Waals surface area (Å²) in [5.74, 6) is 0.347. The summed E-state index contributed by atoms with van der Waals surface area (Å²) < 4.78 is 1.08. The molecular formula is C13H11BrOS. The second-order valence-corrected chi connectivity index (χ2v) is 5.57. The first-order valence-electron chi connectivity index (χ1n) is 4.88. The molecule has 1 nitrogen and oxygen atoms in total. The van der Waals surface area contributed by atoms with Crippen LogP contribution >= 0.6 is 27.7 Å². The Morgan fingerprint density at radius 2 is 1.62 bits per heavy atom. The van der Waals surface area contributed by atoms with Crippen molar-refractivity contribution in [3.05, 3.63) is 52.5 Å². The van der Waals surface area contributed by atoms with Crippen LogP contribution in [0.4, 0.5) is 0 Å². The third-order valence-electron chi connectivity index (χ3n) is 2.22. The number of hydrogen-bond acceptors (Lipinski definition) is 2. The number of aromatic hydroxyl groups is 1. The fourth-order valence-corrected chi connectivity index (χ4v) is 2.51. The second-order valence-electron chi connectivity index (χ2n) is 3.50. The van der Waals surface area contributed by atoms with E-state index in [1.165, 1.54) is 4.90 Å². The van der Waals surface area contributed by atoms with Gasteiger partial charge >= 0.3 is 0 Å². The molecule has 0 spiro atoms. The predicted octanol–water partition coefficient (Wildman–Crippen LogP) is 4.61. The number of rotatable bonds is 2. The second kappa shape index (κ2) is 4.93. The topological polar surface area (TPSA) is 20.2 Å². The van der Waals surface area contributed by atoms with Gasteiger partial charge in [-0.15, -0.1) is 0 Å². The molecule has 0 radical (unpaired) electrons. The van der Waals surface area contributed by atoms with Crippen molar-refractivity contribution < 1.29 is 5.11 Å². The molecule has 2 aromatic rings. The zero-order chi connectivity index (χ0) is 11.5. The lowest BCUT2D eigenvalue weighted by Gasteiger charge is -2.04. The highest BCUT2D eigenvalue weighted by molar-refractivity contribution is 9.10. The molecule has 0 amide bonds. The molecule has 3 heteroatoms. The van der Waals surface area contributed by atoms with E-state index >= 15 is 0 Å².